The highest BCUT2D eigenvalue weighted by Crippen LogP contribution is 2.34. The van der Waals surface area contributed by atoms with Crippen molar-refractivity contribution in [3.8, 4) is 0 Å². The number of hydrogen-bond acceptors (Lipinski definition) is 2. The summed E-state index contributed by atoms with van der Waals surface area (Å²) in [5.74, 6) is 0. The van der Waals surface area contributed by atoms with E-state index in [0.717, 1.165) is 18.5 Å². The van der Waals surface area contributed by atoms with Crippen LogP contribution in [0.4, 0.5) is 0 Å². The fourth-order valence-corrected chi connectivity index (χ4v) is 3.43. The highest BCUT2D eigenvalue weighted by molar-refractivity contribution is 7.79. The lowest BCUT2D eigenvalue weighted by atomic mass is 9.99. The Balaban J connectivity index is 0.00000116. The molecule has 2 rings (SSSR count). The van der Waals surface area contributed by atoms with E-state index >= 15 is 0 Å². The van der Waals surface area contributed by atoms with Crippen LogP contribution in [-0.2, 0) is 6.42 Å². The van der Waals surface area contributed by atoms with E-state index in [-0.39, 0.29) is 0 Å². The van der Waals surface area contributed by atoms with Crippen LogP contribution in [0.3, 0.4) is 0 Å². The standard InChI is InChI=1S/C18H26N2.CH4S/c1-8-15-10(3)17(19-13(15)6)12(5)18-11(4)16(9-2)14(7)20-18;1-2/h19H,8-9H2,1-7H3;2H,1H3/b18-12-;. The second kappa shape index (κ2) is 7.87. The molecule has 0 fully saturated rings. The van der Waals surface area contributed by atoms with Crippen molar-refractivity contribution in [2.24, 2.45) is 4.99 Å². The van der Waals surface area contributed by atoms with Crippen molar-refractivity contribution >= 4 is 23.9 Å². The zero-order valence-corrected chi connectivity index (χ0v) is 16.2. The summed E-state index contributed by atoms with van der Waals surface area (Å²) in [6.45, 7) is 15.3. The topological polar surface area (TPSA) is 28.1 Å². The quantitative estimate of drug-likeness (QED) is 0.672. The molecule has 0 aromatic carbocycles. The first kappa shape index (κ1) is 18.8. The van der Waals surface area contributed by atoms with Crippen molar-refractivity contribution in [3.63, 3.8) is 0 Å². The molecule has 1 aliphatic rings. The summed E-state index contributed by atoms with van der Waals surface area (Å²) in [6.07, 6.45) is 3.83. The second-order valence-corrected chi connectivity index (χ2v) is 5.71. The number of thiol groups is 1. The molecule has 1 aliphatic heterocycles. The van der Waals surface area contributed by atoms with Crippen LogP contribution in [-0.4, -0.2) is 17.0 Å². The number of allylic oxidation sites excluding steroid dienone is 3. The zero-order chi connectivity index (χ0) is 17.0. The van der Waals surface area contributed by atoms with E-state index in [0.29, 0.717) is 0 Å². The normalized spacial score (nSPS) is 16.5. The van der Waals surface area contributed by atoms with Gasteiger partial charge in [0.25, 0.3) is 0 Å². The smallest absolute Gasteiger partial charge is 0.0715 e. The molecule has 1 aromatic heterocycles. The number of aliphatic imine (C=N–C) groups is 1. The number of nitrogens with one attached hydrogen (secondary N) is 1. The molecule has 0 spiro atoms. The maximum Gasteiger partial charge on any atom is 0.0715 e. The first-order chi connectivity index (χ1) is 10.4. The minimum absolute atomic E-state index is 1.06. The molecular formula is C19H30N2S. The van der Waals surface area contributed by atoms with Crippen LogP contribution in [0.1, 0.15) is 63.6 Å². The van der Waals surface area contributed by atoms with Gasteiger partial charge in [-0.25, -0.2) is 0 Å². The third kappa shape index (κ3) is 3.24. The predicted octanol–water partition coefficient (Wildman–Crippen LogP) is 5.67. The van der Waals surface area contributed by atoms with E-state index in [4.69, 9.17) is 4.99 Å². The van der Waals surface area contributed by atoms with Gasteiger partial charge in [-0.05, 0) is 81.6 Å². The maximum atomic E-state index is 4.81. The largest absolute Gasteiger partial charge is 0.358 e. The second-order valence-electron chi connectivity index (χ2n) is 5.71. The Morgan fingerprint density at radius 2 is 1.64 bits per heavy atom. The van der Waals surface area contributed by atoms with E-state index in [2.05, 4.69) is 66.1 Å². The van der Waals surface area contributed by atoms with E-state index < -0.39 is 0 Å². The van der Waals surface area contributed by atoms with Crippen LogP contribution in [0.5, 0.6) is 0 Å². The summed E-state index contributed by atoms with van der Waals surface area (Å²) in [5, 5.41) is 0. The first-order valence-corrected chi connectivity index (χ1v) is 8.91. The Kier molecular flexibility index (Phi) is 6.73. The lowest BCUT2D eigenvalue weighted by Crippen LogP contribution is -1.92. The molecule has 2 nitrogen and oxygen atoms in total. The minimum atomic E-state index is 1.06. The average Bonchev–Trinajstić information content (AvgIpc) is 2.96. The highest BCUT2D eigenvalue weighted by Gasteiger charge is 2.20. The number of H-pyrrole nitrogens is 1. The van der Waals surface area contributed by atoms with Gasteiger partial charge in [0.15, 0.2) is 0 Å². The SMILES string of the molecule is CCC1=C(C)/C(=C(\C)c2[nH]c(C)c(CC)c2C)N=C1C.CS. The Labute approximate surface area is 141 Å². The molecule has 0 saturated carbocycles. The molecule has 122 valence electrons. The lowest BCUT2D eigenvalue weighted by molar-refractivity contribution is 1.08. The van der Waals surface area contributed by atoms with E-state index in [1.165, 1.54) is 44.9 Å². The van der Waals surface area contributed by atoms with Crippen molar-refractivity contribution in [1.82, 2.24) is 4.98 Å². The van der Waals surface area contributed by atoms with Gasteiger partial charge in [-0.2, -0.15) is 12.6 Å². The van der Waals surface area contributed by atoms with Gasteiger partial charge in [-0.3, -0.25) is 4.99 Å². The van der Waals surface area contributed by atoms with Gasteiger partial charge < -0.3 is 4.98 Å². The van der Waals surface area contributed by atoms with Gasteiger partial charge in [0, 0.05) is 17.1 Å². The van der Waals surface area contributed by atoms with Crippen LogP contribution in [0, 0.1) is 13.8 Å². The summed E-state index contributed by atoms with van der Waals surface area (Å²) in [7, 11) is 0. The van der Waals surface area contributed by atoms with E-state index in [1.807, 2.05) is 0 Å². The molecule has 0 atom stereocenters. The van der Waals surface area contributed by atoms with Crippen LogP contribution in [0.15, 0.2) is 21.8 Å². The van der Waals surface area contributed by atoms with E-state index in [1.54, 1.807) is 6.26 Å². The summed E-state index contributed by atoms with van der Waals surface area (Å²) < 4.78 is 0. The third-order valence-electron chi connectivity index (χ3n) is 4.55. The number of aromatic amines is 1. The van der Waals surface area contributed by atoms with Gasteiger partial charge in [-0.1, -0.05) is 13.8 Å². The van der Waals surface area contributed by atoms with Crippen molar-refractivity contribution in [2.45, 2.75) is 61.3 Å². The Hall–Kier alpha value is -1.22. The molecule has 0 radical (unpaired) electrons. The van der Waals surface area contributed by atoms with Crippen LogP contribution in [0.25, 0.3) is 5.57 Å². The highest BCUT2D eigenvalue weighted by atomic mass is 32.1. The molecule has 3 heteroatoms. The van der Waals surface area contributed by atoms with Crippen LogP contribution >= 0.6 is 12.6 Å². The number of rotatable bonds is 3. The Morgan fingerprint density at radius 3 is 2.05 bits per heavy atom. The Morgan fingerprint density at radius 1 is 1.05 bits per heavy atom. The van der Waals surface area contributed by atoms with Crippen molar-refractivity contribution in [2.75, 3.05) is 6.26 Å². The zero-order valence-electron chi connectivity index (χ0n) is 15.3. The molecule has 0 saturated heterocycles. The fourth-order valence-electron chi connectivity index (χ4n) is 3.43. The summed E-state index contributed by atoms with van der Waals surface area (Å²) in [5.41, 5.74) is 11.7. The summed E-state index contributed by atoms with van der Waals surface area (Å²) in [4.78, 5) is 8.37. The van der Waals surface area contributed by atoms with Crippen molar-refractivity contribution in [3.05, 3.63) is 39.4 Å². The molecule has 2 heterocycles. The van der Waals surface area contributed by atoms with E-state index in [9.17, 15) is 0 Å². The summed E-state index contributed by atoms with van der Waals surface area (Å²) in [6, 6.07) is 0. The number of aryl methyl sites for hydroxylation is 1. The number of aromatic nitrogens is 1. The van der Waals surface area contributed by atoms with Crippen LogP contribution < -0.4 is 0 Å². The molecule has 0 bridgehead atoms. The molecule has 22 heavy (non-hydrogen) atoms. The van der Waals surface area contributed by atoms with Gasteiger partial charge in [0.1, 0.15) is 0 Å². The average molecular weight is 319 g/mol. The molecular weight excluding hydrogens is 288 g/mol. The van der Waals surface area contributed by atoms with Crippen molar-refractivity contribution < 1.29 is 0 Å². The number of hydrogen-bond donors (Lipinski definition) is 2. The third-order valence-corrected chi connectivity index (χ3v) is 4.55. The monoisotopic (exact) mass is 318 g/mol. The fraction of sp³-hybridized carbons (Fsp3) is 0.526. The molecule has 1 aromatic rings. The number of nitrogens with zero attached hydrogens (tertiary/aromatic N) is 1. The first-order valence-electron chi connectivity index (χ1n) is 8.02. The Bertz CT molecular complexity index is 643. The predicted molar refractivity (Wildman–Crippen MR) is 103 cm³/mol. The van der Waals surface area contributed by atoms with Gasteiger partial charge in [-0.15, -0.1) is 0 Å². The summed E-state index contributed by atoms with van der Waals surface area (Å²) >= 11 is 3.53. The van der Waals surface area contributed by atoms with Gasteiger partial charge in [0.05, 0.1) is 5.70 Å². The van der Waals surface area contributed by atoms with Gasteiger partial charge in [0.2, 0.25) is 0 Å². The van der Waals surface area contributed by atoms with Crippen LogP contribution in [0.2, 0.25) is 0 Å². The lowest BCUT2D eigenvalue weighted by Gasteiger charge is -2.07. The maximum absolute atomic E-state index is 4.81. The molecule has 0 amide bonds. The molecule has 0 unspecified atom stereocenters. The van der Waals surface area contributed by atoms with Crippen molar-refractivity contribution in [1.29, 1.82) is 0 Å². The molecule has 1 N–H and O–H groups in total. The van der Waals surface area contributed by atoms with Gasteiger partial charge >= 0.3 is 0 Å². The minimum Gasteiger partial charge on any atom is -0.358 e. The molecule has 0 aliphatic carbocycles.